The Kier molecular flexibility index (Phi) is 10.1. The van der Waals surface area contributed by atoms with E-state index in [1.165, 1.54) is 17.8 Å². The fourth-order valence-corrected chi connectivity index (χ4v) is 5.56. The normalized spacial score (nSPS) is 15.8. The van der Waals surface area contributed by atoms with E-state index in [0.29, 0.717) is 18.7 Å². The molecule has 0 saturated carbocycles. The molecule has 1 fully saturated rings. The Morgan fingerprint density at radius 3 is 2.27 bits per heavy atom. The monoisotopic (exact) mass is 490 g/mol. The predicted octanol–water partition coefficient (Wildman–Crippen LogP) is 2.42. The highest BCUT2D eigenvalue weighted by Crippen LogP contribution is 2.15. The van der Waals surface area contributed by atoms with E-state index in [1.807, 2.05) is 12.3 Å². The van der Waals surface area contributed by atoms with Gasteiger partial charge in [-0.1, -0.05) is 36.4 Å². The van der Waals surface area contributed by atoms with Gasteiger partial charge in [-0.15, -0.1) is 0 Å². The van der Waals surface area contributed by atoms with E-state index in [-0.39, 0.29) is 10.8 Å². The van der Waals surface area contributed by atoms with Crippen molar-refractivity contribution in [3.8, 4) is 0 Å². The van der Waals surface area contributed by atoms with E-state index in [1.54, 1.807) is 30.0 Å². The maximum absolute atomic E-state index is 12.7. The summed E-state index contributed by atoms with van der Waals surface area (Å²) in [5, 5.41) is 2.93. The van der Waals surface area contributed by atoms with Crippen LogP contribution in [0.4, 0.5) is 5.69 Å². The van der Waals surface area contributed by atoms with Gasteiger partial charge >= 0.3 is 0 Å². The summed E-state index contributed by atoms with van der Waals surface area (Å²) >= 11 is 1.59. The minimum atomic E-state index is -3.74. The lowest BCUT2D eigenvalue weighted by Crippen LogP contribution is -2.48. The first kappa shape index (κ1) is 25.6. The van der Waals surface area contributed by atoms with Crippen LogP contribution in [-0.4, -0.2) is 76.5 Å². The first-order valence-corrected chi connectivity index (χ1v) is 14.2. The van der Waals surface area contributed by atoms with Crippen LogP contribution in [0.25, 0.3) is 0 Å². The van der Waals surface area contributed by atoms with Crippen molar-refractivity contribution >= 4 is 33.4 Å². The molecule has 1 atom stereocenters. The Hall–Kier alpha value is -2.07. The number of piperazine rings is 1. The third-order valence-electron chi connectivity index (χ3n) is 5.72. The molecular formula is C24H34N4O3S2. The molecule has 1 aliphatic rings. The van der Waals surface area contributed by atoms with Crippen molar-refractivity contribution < 1.29 is 13.2 Å². The topological polar surface area (TPSA) is 81.7 Å². The molecule has 2 aromatic rings. The van der Waals surface area contributed by atoms with Crippen molar-refractivity contribution in [2.75, 3.05) is 56.2 Å². The lowest BCUT2D eigenvalue weighted by atomic mass is 10.2. The van der Waals surface area contributed by atoms with Gasteiger partial charge in [-0.3, -0.25) is 9.69 Å². The molecule has 3 rings (SSSR count). The van der Waals surface area contributed by atoms with Gasteiger partial charge in [-0.05, 0) is 55.7 Å². The van der Waals surface area contributed by atoms with Gasteiger partial charge in [0, 0.05) is 38.4 Å². The Labute approximate surface area is 202 Å². The number of rotatable bonds is 12. The van der Waals surface area contributed by atoms with Gasteiger partial charge < -0.3 is 10.2 Å². The molecule has 2 N–H and O–H groups in total. The smallest absolute Gasteiger partial charge is 0.241 e. The van der Waals surface area contributed by atoms with E-state index >= 15 is 0 Å². The average Bonchev–Trinajstić information content (AvgIpc) is 2.85. The second-order valence-electron chi connectivity index (χ2n) is 8.08. The number of carbonyl (C=O) groups is 1. The van der Waals surface area contributed by atoms with Crippen molar-refractivity contribution in [1.29, 1.82) is 0 Å². The maximum Gasteiger partial charge on any atom is 0.241 e. The van der Waals surface area contributed by atoms with Gasteiger partial charge in [-0.2, -0.15) is 16.5 Å². The van der Waals surface area contributed by atoms with Crippen LogP contribution in [-0.2, 0) is 14.8 Å². The van der Waals surface area contributed by atoms with E-state index in [9.17, 15) is 13.2 Å². The molecular weight excluding hydrogens is 456 g/mol. The molecule has 0 spiro atoms. The summed E-state index contributed by atoms with van der Waals surface area (Å²) in [6, 6.07) is 17.8. The number of nitrogens with one attached hydrogen (secondary N) is 2. The highest BCUT2D eigenvalue weighted by Gasteiger charge is 2.25. The molecule has 180 valence electrons. The number of para-hydroxylation sites is 1. The molecule has 0 aliphatic carbocycles. The fourth-order valence-electron chi connectivity index (χ4n) is 3.84. The Balaban J connectivity index is 1.42. The molecule has 0 radical (unpaired) electrons. The zero-order chi connectivity index (χ0) is 23.5. The highest BCUT2D eigenvalue weighted by molar-refractivity contribution is 7.98. The van der Waals surface area contributed by atoms with Crippen molar-refractivity contribution in [3.05, 3.63) is 60.7 Å². The number of thioether (sulfide) groups is 1. The van der Waals surface area contributed by atoms with E-state index in [4.69, 9.17) is 0 Å². The SMILES string of the molecule is CSCCC(NS(=O)(=O)c1ccccc1)C(=O)NCCCN1CCN(c2ccccc2)CC1. The van der Waals surface area contributed by atoms with Crippen LogP contribution in [0.2, 0.25) is 0 Å². The summed E-state index contributed by atoms with van der Waals surface area (Å²) in [4.78, 5) is 17.7. The van der Waals surface area contributed by atoms with E-state index < -0.39 is 16.1 Å². The molecule has 1 aliphatic heterocycles. The Bertz CT molecular complexity index is 950. The second-order valence-corrected chi connectivity index (χ2v) is 10.8. The third-order valence-corrected chi connectivity index (χ3v) is 7.85. The van der Waals surface area contributed by atoms with Crippen LogP contribution in [0.1, 0.15) is 12.8 Å². The first-order valence-electron chi connectivity index (χ1n) is 11.4. The van der Waals surface area contributed by atoms with Crippen molar-refractivity contribution in [2.45, 2.75) is 23.8 Å². The molecule has 2 aromatic carbocycles. The summed E-state index contributed by atoms with van der Waals surface area (Å²) in [5.41, 5.74) is 1.26. The summed E-state index contributed by atoms with van der Waals surface area (Å²) in [7, 11) is -3.74. The Morgan fingerprint density at radius 2 is 1.64 bits per heavy atom. The zero-order valence-electron chi connectivity index (χ0n) is 19.2. The number of hydrogen-bond acceptors (Lipinski definition) is 6. The van der Waals surface area contributed by atoms with Crippen LogP contribution in [0.5, 0.6) is 0 Å². The van der Waals surface area contributed by atoms with Crippen LogP contribution in [0.3, 0.4) is 0 Å². The zero-order valence-corrected chi connectivity index (χ0v) is 20.8. The summed E-state index contributed by atoms with van der Waals surface area (Å²) in [6.45, 7) is 5.42. The molecule has 7 nitrogen and oxygen atoms in total. The van der Waals surface area contributed by atoms with Gasteiger partial charge in [0.05, 0.1) is 4.90 Å². The van der Waals surface area contributed by atoms with Gasteiger partial charge in [0.1, 0.15) is 6.04 Å². The molecule has 0 aromatic heterocycles. The van der Waals surface area contributed by atoms with Gasteiger partial charge in [-0.25, -0.2) is 8.42 Å². The second kappa shape index (κ2) is 13.0. The maximum atomic E-state index is 12.7. The van der Waals surface area contributed by atoms with Gasteiger partial charge in [0.25, 0.3) is 0 Å². The molecule has 9 heteroatoms. The standard InChI is InChI=1S/C24H34N4O3S2/c1-32-20-13-23(26-33(30,31)22-11-6-3-7-12-22)24(29)25-14-8-15-27-16-18-28(19-17-27)21-9-4-2-5-10-21/h2-7,9-12,23,26H,8,13-20H2,1H3,(H,25,29). The van der Waals surface area contributed by atoms with Gasteiger partial charge in [0.15, 0.2) is 0 Å². The summed E-state index contributed by atoms with van der Waals surface area (Å²) in [5.74, 6) is 0.429. The van der Waals surface area contributed by atoms with E-state index in [2.05, 4.69) is 44.1 Å². The predicted molar refractivity (Wildman–Crippen MR) is 136 cm³/mol. The van der Waals surface area contributed by atoms with E-state index in [0.717, 1.165) is 39.1 Å². The fraction of sp³-hybridized carbons (Fsp3) is 0.458. The lowest BCUT2D eigenvalue weighted by Gasteiger charge is -2.36. The van der Waals surface area contributed by atoms with Gasteiger partial charge in [0.2, 0.25) is 15.9 Å². The van der Waals surface area contributed by atoms with Crippen LogP contribution in [0, 0.1) is 0 Å². The molecule has 1 heterocycles. The number of nitrogens with zero attached hydrogens (tertiary/aromatic N) is 2. The minimum Gasteiger partial charge on any atom is -0.369 e. The largest absolute Gasteiger partial charge is 0.369 e. The number of amides is 1. The molecule has 0 bridgehead atoms. The van der Waals surface area contributed by atoms with Crippen molar-refractivity contribution in [2.24, 2.45) is 0 Å². The minimum absolute atomic E-state index is 0.168. The first-order chi connectivity index (χ1) is 16.0. The number of anilines is 1. The molecule has 1 amide bonds. The highest BCUT2D eigenvalue weighted by atomic mass is 32.2. The van der Waals surface area contributed by atoms with Crippen LogP contribution < -0.4 is 14.9 Å². The summed E-state index contributed by atoms with van der Waals surface area (Å²) in [6.07, 6.45) is 3.22. The lowest BCUT2D eigenvalue weighted by molar-refractivity contribution is -0.122. The molecule has 1 saturated heterocycles. The summed E-state index contributed by atoms with van der Waals surface area (Å²) < 4.78 is 27.9. The molecule has 33 heavy (non-hydrogen) atoms. The average molecular weight is 491 g/mol. The van der Waals surface area contributed by atoms with Crippen molar-refractivity contribution in [3.63, 3.8) is 0 Å². The third kappa shape index (κ3) is 8.03. The number of sulfonamides is 1. The van der Waals surface area contributed by atoms with Crippen molar-refractivity contribution in [1.82, 2.24) is 14.9 Å². The number of hydrogen-bond donors (Lipinski definition) is 2. The Morgan fingerprint density at radius 1 is 1.00 bits per heavy atom. The number of benzene rings is 2. The van der Waals surface area contributed by atoms with Crippen LogP contribution in [0.15, 0.2) is 65.6 Å². The quantitative estimate of drug-likeness (QED) is 0.445. The number of carbonyl (C=O) groups excluding carboxylic acids is 1. The molecule has 1 unspecified atom stereocenters. The van der Waals surface area contributed by atoms with Crippen LogP contribution >= 0.6 is 11.8 Å².